The smallest absolute Gasteiger partial charge is 0.0718 e. The molecule has 9 nitrogen and oxygen atoms in total. The van der Waals surface area contributed by atoms with Gasteiger partial charge in [0.2, 0.25) is 0 Å². The van der Waals surface area contributed by atoms with Crippen LogP contribution in [0.25, 0.3) is 0 Å². The summed E-state index contributed by atoms with van der Waals surface area (Å²) in [5, 5.41) is 0. The van der Waals surface area contributed by atoms with Gasteiger partial charge in [-0.3, -0.25) is 0 Å². The summed E-state index contributed by atoms with van der Waals surface area (Å²) in [6, 6.07) is 0. The van der Waals surface area contributed by atoms with Crippen molar-refractivity contribution >= 4 is 0 Å². The number of allylic oxidation sites excluding steroid dienone is 2. The van der Waals surface area contributed by atoms with Crippen LogP contribution in [0, 0.1) is 96.2 Å². The largest absolute Gasteiger partial charge is 0.326 e. The molecule has 75 heavy (non-hydrogen) atoms. The predicted octanol–water partition coefficient (Wildman–Crippen LogP) is 12.7. The van der Waals surface area contributed by atoms with Gasteiger partial charge < -0.3 is 51.6 Å². The van der Waals surface area contributed by atoms with Crippen LogP contribution in [0.5, 0.6) is 0 Å². The van der Waals surface area contributed by atoms with Gasteiger partial charge in [0.1, 0.15) is 0 Å². The first-order valence-electron chi connectivity index (χ1n) is 26.2. The molecule has 0 aliphatic rings. The Kier molecular flexibility index (Phi) is 63.9. The molecule has 18 N–H and O–H groups in total. The molecule has 440 valence electrons. The third kappa shape index (κ3) is 224. The summed E-state index contributed by atoms with van der Waals surface area (Å²) in [6.07, 6.45) is 39.2. The molecule has 0 aromatic heterocycles. The Morgan fingerprint density at radius 3 is 0.680 bits per heavy atom. The van der Waals surface area contributed by atoms with Gasteiger partial charge in [-0.05, 0) is 213 Å². The van der Waals surface area contributed by atoms with Crippen molar-refractivity contribution < 1.29 is 0 Å². The van der Waals surface area contributed by atoms with E-state index in [0.717, 1.165) is 19.3 Å². The minimum absolute atomic E-state index is 0.0352. The highest BCUT2D eigenvalue weighted by Gasteiger charge is 2.09. The normalized spacial score (nSPS) is 11.1. The fourth-order valence-electron chi connectivity index (χ4n) is 2.98. The van der Waals surface area contributed by atoms with E-state index >= 15 is 0 Å². The van der Waals surface area contributed by atoms with Crippen molar-refractivity contribution in [2.45, 2.75) is 303 Å². The lowest BCUT2D eigenvalue weighted by atomic mass is 9.98. The molecule has 0 heterocycles. The summed E-state index contributed by atoms with van der Waals surface area (Å²) in [5.74, 6) is 23.9. The van der Waals surface area contributed by atoms with Gasteiger partial charge in [0, 0.05) is 68.9 Å². The summed E-state index contributed by atoms with van der Waals surface area (Å²) in [6.45, 7) is 59.1. The minimum atomic E-state index is -0.431. The van der Waals surface area contributed by atoms with Crippen LogP contribution in [0.1, 0.15) is 253 Å². The lowest BCUT2D eigenvalue weighted by Gasteiger charge is -2.15. The quantitative estimate of drug-likeness (QED) is 0.0788. The van der Waals surface area contributed by atoms with E-state index in [4.69, 9.17) is 83.7 Å². The van der Waals surface area contributed by atoms with Crippen LogP contribution in [0.2, 0.25) is 0 Å². The Labute approximate surface area is 472 Å². The first kappa shape index (κ1) is 96.7. The molecular weight excluding hydrogens is 919 g/mol. The summed E-state index contributed by atoms with van der Waals surface area (Å²) in [7, 11) is 0. The van der Waals surface area contributed by atoms with Crippen LogP contribution in [-0.2, 0) is 0 Å². The van der Waals surface area contributed by atoms with Crippen molar-refractivity contribution in [1.29, 1.82) is 0 Å². The first-order valence-corrected chi connectivity index (χ1v) is 26.2. The second kappa shape index (κ2) is 49.6. The number of hydrogen-bond acceptors (Lipinski definition) is 9. The second-order valence-electron chi connectivity index (χ2n) is 26.3. The topological polar surface area (TPSA) is 234 Å². The molecule has 0 saturated heterocycles. The summed E-state index contributed by atoms with van der Waals surface area (Å²) in [5.41, 5.74) is 48.6. The molecule has 0 unspecified atom stereocenters. The van der Waals surface area contributed by atoms with Crippen LogP contribution in [-0.4, -0.2) is 49.9 Å². The molecular formula is C66H131N9. The zero-order valence-electron chi connectivity index (χ0n) is 55.3. The fraction of sp³-hybridized carbons (Fsp3) is 0.727. The van der Waals surface area contributed by atoms with Gasteiger partial charge in [0.15, 0.2) is 0 Å². The van der Waals surface area contributed by atoms with E-state index in [-0.39, 0.29) is 55.1 Å². The molecule has 0 aliphatic heterocycles. The zero-order chi connectivity index (χ0) is 63.6. The maximum atomic E-state index is 5.67. The fourth-order valence-corrected chi connectivity index (χ4v) is 2.98. The van der Waals surface area contributed by atoms with E-state index in [1.165, 1.54) is 6.42 Å². The summed E-state index contributed by atoms with van der Waals surface area (Å²) in [4.78, 5) is 0. The van der Waals surface area contributed by atoms with Crippen molar-refractivity contribution in [3.05, 3.63) is 24.3 Å². The lowest BCUT2D eigenvalue weighted by molar-refractivity contribution is 0.470. The van der Waals surface area contributed by atoms with E-state index in [9.17, 15) is 0 Å². The second-order valence-corrected chi connectivity index (χ2v) is 26.3. The number of hydrogen-bond donors (Lipinski definition) is 9. The third-order valence-electron chi connectivity index (χ3n) is 6.71. The van der Waals surface area contributed by atoms with Crippen molar-refractivity contribution in [2.75, 3.05) is 0 Å². The van der Waals surface area contributed by atoms with Crippen LogP contribution < -0.4 is 51.6 Å². The van der Waals surface area contributed by atoms with Crippen molar-refractivity contribution in [1.82, 2.24) is 0 Å². The van der Waals surface area contributed by atoms with Crippen LogP contribution in [0.3, 0.4) is 0 Å². The van der Waals surface area contributed by atoms with E-state index in [1.54, 1.807) is 20.8 Å². The average Bonchev–Trinajstić information content (AvgIpc) is 3.12. The van der Waals surface area contributed by atoms with E-state index in [2.05, 4.69) is 108 Å². The number of terminal acetylenes is 5. The standard InChI is InChI=1S/C7H15N.C7H12.C6H15N.C6H13N.4C6H11N.C6H10.C5H13N.C5H9N/c1-4-5-6-7(2,3)8;1-5-6-7(2,3)4;6*1-4-5-6(2,3)7;1-5-6(2,3)4;2*1-4-5(2,3)6/h4-5H,6,8H2,1-3H3;1-4H3;4-5,7H2,1-3H3;4-5H,7H2,1-3H3;7H2,1-3H3;3*1H,5,7H2,2-3H3;1H,2-4H3;4,6H2,1-3H3;1H,6H2,2-3H3/b;;;5-4-;;;;;;;. The maximum absolute atomic E-state index is 5.67. The molecule has 0 aliphatic carbocycles. The molecule has 0 bridgehead atoms. The summed E-state index contributed by atoms with van der Waals surface area (Å²) >= 11 is 0. The molecule has 0 radical (unpaired) electrons. The molecule has 0 rings (SSSR count). The highest BCUT2D eigenvalue weighted by atomic mass is 14.7. The molecule has 0 amide bonds. The highest BCUT2D eigenvalue weighted by molar-refractivity contribution is 5.10. The van der Waals surface area contributed by atoms with Gasteiger partial charge in [-0.15, -0.1) is 67.6 Å². The van der Waals surface area contributed by atoms with E-state index in [1.807, 2.05) is 157 Å². The van der Waals surface area contributed by atoms with Crippen molar-refractivity contribution in [2.24, 2.45) is 62.4 Å². The van der Waals surface area contributed by atoms with E-state index < -0.39 is 5.54 Å². The van der Waals surface area contributed by atoms with Gasteiger partial charge in [0.05, 0.1) is 11.1 Å². The maximum Gasteiger partial charge on any atom is 0.0718 e. The lowest BCUT2D eigenvalue weighted by Crippen LogP contribution is -2.31. The summed E-state index contributed by atoms with van der Waals surface area (Å²) < 4.78 is 0. The molecule has 9 heteroatoms. The van der Waals surface area contributed by atoms with E-state index in [0.29, 0.717) is 19.3 Å². The van der Waals surface area contributed by atoms with Gasteiger partial charge in [-0.2, -0.15) is 0 Å². The Morgan fingerprint density at radius 1 is 0.387 bits per heavy atom. The Bertz CT molecular complexity index is 1580. The Hall–Kier alpha value is -3.96. The van der Waals surface area contributed by atoms with Gasteiger partial charge in [-0.25, -0.2) is 0 Å². The Morgan fingerprint density at radius 2 is 0.667 bits per heavy atom. The molecule has 0 aromatic carbocycles. The van der Waals surface area contributed by atoms with Crippen LogP contribution in [0.4, 0.5) is 0 Å². The van der Waals surface area contributed by atoms with Gasteiger partial charge in [0.25, 0.3) is 0 Å². The van der Waals surface area contributed by atoms with Gasteiger partial charge >= 0.3 is 0 Å². The SMILES string of the molecule is C#CC(C)(C)C.C#CC(C)(C)N.C#CCC(C)(C)N.C#CCC(C)(C)N.C#CCC(C)(C)N.C/C=C\C(C)(C)N.CC#CC(C)(C)C.CC#CC(C)(C)N.CC=CCC(C)(C)N.CCC(C)(C)N.CCCC(C)(C)N. The van der Waals surface area contributed by atoms with Crippen molar-refractivity contribution in [3.8, 4) is 85.4 Å². The van der Waals surface area contributed by atoms with Gasteiger partial charge in [-0.1, -0.05) is 62.3 Å². The third-order valence-corrected chi connectivity index (χ3v) is 6.71. The Balaban J connectivity index is -0.0000000668. The molecule has 0 saturated carbocycles. The zero-order valence-corrected chi connectivity index (χ0v) is 55.3. The predicted molar refractivity (Wildman–Crippen MR) is 348 cm³/mol. The first-order chi connectivity index (χ1) is 32.7. The molecule has 0 aromatic rings. The molecule has 0 spiro atoms. The van der Waals surface area contributed by atoms with Crippen molar-refractivity contribution in [3.63, 3.8) is 0 Å². The molecule has 0 fully saturated rings. The van der Waals surface area contributed by atoms with Crippen LogP contribution >= 0.6 is 0 Å². The molecule has 0 atom stereocenters. The van der Waals surface area contributed by atoms with Crippen LogP contribution in [0.15, 0.2) is 24.3 Å². The average molecular weight is 1050 g/mol. The highest BCUT2D eigenvalue weighted by Crippen LogP contribution is 2.10. The monoisotopic (exact) mass is 1050 g/mol. The minimum Gasteiger partial charge on any atom is -0.326 e. The number of rotatable bonds is 9. The number of nitrogens with two attached hydrogens (primary N) is 9.